The Balaban J connectivity index is 2.61. The molecule has 1 atom stereocenters. The van der Waals surface area contributed by atoms with Crippen LogP contribution in [0.1, 0.15) is 23.8 Å². The van der Waals surface area contributed by atoms with Crippen LogP contribution in [0.5, 0.6) is 0 Å². The summed E-state index contributed by atoms with van der Waals surface area (Å²) >= 11 is 5.55. The summed E-state index contributed by atoms with van der Waals surface area (Å²) < 4.78 is 0. The molecule has 1 aromatic rings. The van der Waals surface area contributed by atoms with Gasteiger partial charge >= 0.3 is 0 Å². The first-order valence-corrected chi connectivity index (χ1v) is 4.90. The molecule has 0 aliphatic heterocycles. The topological polar surface area (TPSA) is 54.9 Å². The first-order valence-electron chi connectivity index (χ1n) is 4.52. The molecule has 5 heteroatoms. The molecule has 0 bridgehead atoms. The molecule has 0 radical (unpaired) electrons. The van der Waals surface area contributed by atoms with Gasteiger partial charge in [0.2, 0.25) is 0 Å². The van der Waals surface area contributed by atoms with Crippen LogP contribution in [0, 0.1) is 0 Å². The molecule has 0 fully saturated rings. The Morgan fingerprint density at radius 2 is 2.40 bits per heavy atom. The highest BCUT2D eigenvalue weighted by atomic mass is 35.5. The number of aromatic nitrogens is 2. The molecule has 1 unspecified atom stereocenters. The minimum absolute atomic E-state index is 0.0347. The van der Waals surface area contributed by atoms with E-state index in [0.717, 1.165) is 0 Å². The lowest BCUT2D eigenvalue weighted by Gasteiger charge is -2.10. The van der Waals surface area contributed by atoms with Crippen molar-refractivity contribution in [3.05, 3.63) is 35.9 Å². The molecule has 15 heavy (non-hydrogen) atoms. The number of halogens is 1. The summed E-state index contributed by atoms with van der Waals surface area (Å²) in [6.07, 6.45) is 5.15. The standard InChI is InChI=1S/C10H12ClN3O/c1-3-4-7(2)14-10(15)8-5-13-9(11)6-12-8/h3,5-7H,1,4H2,2H3,(H,14,15). The maximum absolute atomic E-state index is 11.6. The highest BCUT2D eigenvalue weighted by Gasteiger charge is 2.10. The zero-order valence-corrected chi connectivity index (χ0v) is 9.16. The Labute approximate surface area is 93.4 Å². The minimum Gasteiger partial charge on any atom is -0.348 e. The largest absolute Gasteiger partial charge is 0.348 e. The second-order valence-corrected chi connectivity index (χ2v) is 3.51. The summed E-state index contributed by atoms with van der Waals surface area (Å²) in [6, 6.07) is 0.0347. The van der Waals surface area contributed by atoms with E-state index in [1.165, 1.54) is 12.4 Å². The summed E-state index contributed by atoms with van der Waals surface area (Å²) in [6.45, 7) is 5.49. The Bertz CT molecular complexity index is 350. The fourth-order valence-corrected chi connectivity index (χ4v) is 1.13. The van der Waals surface area contributed by atoms with E-state index < -0.39 is 0 Å². The van der Waals surface area contributed by atoms with Gasteiger partial charge in [0.1, 0.15) is 10.8 Å². The van der Waals surface area contributed by atoms with Gasteiger partial charge in [-0.25, -0.2) is 9.97 Å². The maximum Gasteiger partial charge on any atom is 0.271 e. The van der Waals surface area contributed by atoms with Crippen molar-refractivity contribution < 1.29 is 4.79 Å². The first kappa shape index (κ1) is 11.7. The van der Waals surface area contributed by atoms with Crippen LogP contribution >= 0.6 is 11.6 Å². The van der Waals surface area contributed by atoms with Gasteiger partial charge in [0.15, 0.2) is 0 Å². The lowest BCUT2D eigenvalue weighted by Crippen LogP contribution is -2.32. The predicted molar refractivity (Wildman–Crippen MR) is 58.8 cm³/mol. The minimum atomic E-state index is -0.256. The number of nitrogens with zero attached hydrogens (tertiary/aromatic N) is 2. The highest BCUT2D eigenvalue weighted by Crippen LogP contribution is 2.02. The van der Waals surface area contributed by atoms with Crippen LogP contribution in [0.3, 0.4) is 0 Å². The van der Waals surface area contributed by atoms with Crippen LogP contribution in [0.25, 0.3) is 0 Å². The molecule has 0 spiro atoms. The number of amides is 1. The average Bonchev–Trinajstić information content (AvgIpc) is 2.18. The molecule has 1 rings (SSSR count). The van der Waals surface area contributed by atoms with Gasteiger partial charge in [-0.05, 0) is 13.3 Å². The molecule has 0 aliphatic rings. The SMILES string of the molecule is C=CCC(C)NC(=O)c1cnc(Cl)cn1. The Kier molecular flexibility index (Phi) is 4.24. The average molecular weight is 226 g/mol. The Morgan fingerprint density at radius 1 is 1.67 bits per heavy atom. The normalized spacial score (nSPS) is 11.9. The summed E-state index contributed by atoms with van der Waals surface area (Å²) in [5, 5.41) is 3.03. The zero-order chi connectivity index (χ0) is 11.3. The van der Waals surface area contributed by atoms with Gasteiger partial charge in [-0.2, -0.15) is 0 Å². The lowest BCUT2D eigenvalue weighted by molar-refractivity contribution is 0.0935. The highest BCUT2D eigenvalue weighted by molar-refractivity contribution is 6.29. The second kappa shape index (κ2) is 5.46. The molecule has 1 aromatic heterocycles. The van der Waals surface area contributed by atoms with Gasteiger partial charge in [0, 0.05) is 6.04 Å². The van der Waals surface area contributed by atoms with Gasteiger partial charge in [0.25, 0.3) is 5.91 Å². The molecule has 0 aliphatic carbocycles. The summed E-state index contributed by atoms with van der Waals surface area (Å²) in [5.41, 5.74) is 0.260. The summed E-state index contributed by atoms with van der Waals surface area (Å²) in [4.78, 5) is 19.2. The van der Waals surface area contributed by atoms with E-state index in [1.54, 1.807) is 6.08 Å². The predicted octanol–water partition coefficient (Wildman–Crippen LogP) is 1.82. The van der Waals surface area contributed by atoms with Crippen LogP contribution in [0.2, 0.25) is 5.15 Å². The van der Waals surface area contributed by atoms with Crippen LogP contribution in [0.4, 0.5) is 0 Å². The van der Waals surface area contributed by atoms with Crippen molar-refractivity contribution in [1.29, 1.82) is 0 Å². The fraction of sp³-hybridized carbons (Fsp3) is 0.300. The van der Waals surface area contributed by atoms with Crippen molar-refractivity contribution in [3.63, 3.8) is 0 Å². The summed E-state index contributed by atoms with van der Waals surface area (Å²) in [7, 11) is 0. The number of carbonyl (C=O) groups is 1. The van der Waals surface area contributed by atoms with Crippen LogP contribution < -0.4 is 5.32 Å². The monoisotopic (exact) mass is 225 g/mol. The molecule has 1 amide bonds. The van der Waals surface area contributed by atoms with E-state index in [2.05, 4.69) is 21.9 Å². The Morgan fingerprint density at radius 3 is 2.93 bits per heavy atom. The molecular formula is C10H12ClN3O. The molecule has 0 saturated carbocycles. The van der Waals surface area contributed by atoms with E-state index in [4.69, 9.17) is 11.6 Å². The molecule has 80 valence electrons. The number of rotatable bonds is 4. The first-order chi connectivity index (χ1) is 7.13. The number of hydrogen-bond donors (Lipinski definition) is 1. The van der Waals surface area contributed by atoms with Crippen molar-refractivity contribution in [2.24, 2.45) is 0 Å². The van der Waals surface area contributed by atoms with E-state index in [-0.39, 0.29) is 22.8 Å². The smallest absolute Gasteiger partial charge is 0.271 e. The third-order valence-electron chi connectivity index (χ3n) is 1.75. The third kappa shape index (κ3) is 3.67. The van der Waals surface area contributed by atoms with E-state index in [1.807, 2.05) is 6.92 Å². The van der Waals surface area contributed by atoms with E-state index in [0.29, 0.717) is 6.42 Å². The van der Waals surface area contributed by atoms with Gasteiger partial charge in [-0.15, -0.1) is 6.58 Å². The zero-order valence-electron chi connectivity index (χ0n) is 8.40. The maximum atomic E-state index is 11.6. The van der Waals surface area contributed by atoms with Crippen LogP contribution in [-0.2, 0) is 0 Å². The number of hydrogen-bond acceptors (Lipinski definition) is 3. The van der Waals surface area contributed by atoms with Crippen LogP contribution in [0.15, 0.2) is 25.0 Å². The molecule has 1 N–H and O–H groups in total. The molecule has 0 aromatic carbocycles. The molecule has 0 saturated heterocycles. The van der Waals surface area contributed by atoms with Crippen molar-refractivity contribution in [2.75, 3.05) is 0 Å². The van der Waals surface area contributed by atoms with Crippen molar-refractivity contribution in [2.45, 2.75) is 19.4 Å². The van der Waals surface area contributed by atoms with Crippen molar-refractivity contribution >= 4 is 17.5 Å². The van der Waals surface area contributed by atoms with Gasteiger partial charge in [-0.3, -0.25) is 4.79 Å². The molecular weight excluding hydrogens is 214 g/mol. The van der Waals surface area contributed by atoms with Gasteiger partial charge in [0.05, 0.1) is 12.4 Å². The molecule has 1 heterocycles. The fourth-order valence-electron chi connectivity index (χ4n) is 1.04. The molecule has 4 nitrogen and oxygen atoms in total. The van der Waals surface area contributed by atoms with Gasteiger partial charge in [-0.1, -0.05) is 17.7 Å². The van der Waals surface area contributed by atoms with Crippen molar-refractivity contribution in [3.8, 4) is 0 Å². The van der Waals surface area contributed by atoms with E-state index in [9.17, 15) is 4.79 Å². The Hall–Kier alpha value is -1.42. The second-order valence-electron chi connectivity index (χ2n) is 3.12. The van der Waals surface area contributed by atoms with Gasteiger partial charge < -0.3 is 5.32 Å². The number of nitrogens with one attached hydrogen (secondary N) is 1. The van der Waals surface area contributed by atoms with Crippen molar-refractivity contribution in [1.82, 2.24) is 15.3 Å². The third-order valence-corrected chi connectivity index (χ3v) is 1.95. The van der Waals surface area contributed by atoms with E-state index >= 15 is 0 Å². The number of carbonyl (C=O) groups excluding carboxylic acids is 1. The lowest BCUT2D eigenvalue weighted by atomic mass is 10.2. The van der Waals surface area contributed by atoms with Crippen LogP contribution in [-0.4, -0.2) is 21.9 Å². The quantitative estimate of drug-likeness (QED) is 0.796. The summed E-state index contributed by atoms with van der Waals surface area (Å²) in [5.74, 6) is -0.256.